The van der Waals surface area contributed by atoms with Crippen LogP contribution in [0.25, 0.3) is 0 Å². The molecule has 0 fully saturated rings. The summed E-state index contributed by atoms with van der Waals surface area (Å²) in [5, 5.41) is 9.37. The largest absolute Gasteiger partial charge is 0.389 e. The van der Waals surface area contributed by atoms with Crippen molar-refractivity contribution in [3.05, 3.63) is 48.0 Å². The molecule has 1 atom stereocenters. The molecule has 1 rings (SSSR count). The average Bonchev–Trinajstić information content (AvgIpc) is 2.19. The van der Waals surface area contributed by atoms with Crippen molar-refractivity contribution < 1.29 is 9.90 Å². The molecule has 0 unspecified atom stereocenters. The van der Waals surface area contributed by atoms with E-state index in [1.807, 2.05) is 25.1 Å². The zero-order valence-corrected chi connectivity index (χ0v) is 8.18. The van der Waals surface area contributed by atoms with Gasteiger partial charge in [-0.05, 0) is 6.92 Å². The van der Waals surface area contributed by atoms with Crippen molar-refractivity contribution in [3.8, 4) is 0 Å². The predicted molar refractivity (Wildman–Crippen MR) is 56.2 cm³/mol. The van der Waals surface area contributed by atoms with Crippen LogP contribution in [0.4, 0.5) is 0 Å². The lowest BCUT2D eigenvalue weighted by molar-refractivity contribution is 0.0922. The highest BCUT2D eigenvalue weighted by Gasteiger charge is 2.09. The molecule has 0 aliphatic carbocycles. The van der Waals surface area contributed by atoms with Gasteiger partial charge in [0.15, 0.2) is 5.78 Å². The maximum Gasteiger partial charge on any atom is 0.165 e. The highest BCUT2D eigenvalue weighted by Crippen LogP contribution is 2.05. The third-order valence-electron chi connectivity index (χ3n) is 1.90. The fraction of sp³-hybridized carbons (Fsp3) is 0.250. The molecule has 1 aromatic rings. The van der Waals surface area contributed by atoms with Crippen molar-refractivity contribution in [3.63, 3.8) is 0 Å². The predicted octanol–water partition coefficient (Wildman–Crippen LogP) is 2.20. The second-order valence-corrected chi connectivity index (χ2v) is 3.09. The minimum absolute atomic E-state index is 0.0313. The Labute approximate surface area is 83.9 Å². The lowest BCUT2D eigenvalue weighted by Crippen LogP contribution is -2.10. The molecule has 0 heterocycles. The molecule has 0 aliphatic rings. The van der Waals surface area contributed by atoms with Gasteiger partial charge in [0.05, 0.1) is 6.10 Å². The Balaban J connectivity index is 2.59. The van der Waals surface area contributed by atoms with Crippen molar-refractivity contribution in [1.29, 1.82) is 0 Å². The summed E-state index contributed by atoms with van der Waals surface area (Å²) in [6, 6.07) is 9.00. The minimum Gasteiger partial charge on any atom is -0.389 e. The van der Waals surface area contributed by atoms with E-state index in [0.29, 0.717) is 5.56 Å². The molecule has 0 amide bonds. The average molecular weight is 190 g/mol. The van der Waals surface area contributed by atoms with E-state index >= 15 is 0 Å². The summed E-state index contributed by atoms with van der Waals surface area (Å²) in [6.07, 6.45) is 2.82. The highest BCUT2D eigenvalue weighted by molar-refractivity contribution is 5.96. The molecule has 0 radical (unpaired) electrons. The van der Waals surface area contributed by atoms with Crippen molar-refractivity contribution in [1.82, 2.24) is 0 Å². The van der Waals surface area contributed by atoms with E-state index in [1.54, 1.807) is 24.3 Å². The minimum atomic E-state index is -0.673. The Bertz CT molecular complexity index is 314. The van der Waals surface area contributed by atoms with E-state index in [-0.39, 0.29) is 12.2 Å². The van der Waals surface area contributed by atoms with Crippen LogP contribution in [0.1, 0.15) is 23.7 Å². The van der Waals surface area contributed by atoms with Crippen LogP contribution >= 0.6 is 0 Å². The number of carbonyl (C=O) groups is 1. The first-order valence-corrected chi connectivity index (χ1v) is 4.63. The molecule has 0 bridgehead atoms. The molecular formula is C12H14O2. The Kier molecular flexibility index (Phi) is 4.08. The first-order valence-electron chi connectivity index (χ1n) is 4.63. The summed E-state index contributed by atoms with van der Waals surface area (Å²) in [5.41, 5.74) is 0.649. The van der Waals surface area contributed by atoms with Gasteiger partial charge < -0.3 is 5.11 Å². The van der Waals surface area contributed by atoms with Crippen LogP contribution < -0.4 is 0 Å². The maximum absolute atomic E-state index is 11.5. The summed E-state index contributed by atoms with van der Waals surface area (Å²) < 4.78 is 0. The fourth-order valence-corrected chi connectivity index (χ4v) is 1.22. The Morgan fingerprint density at radius 1 is 1.43 bits per heavy atom. The summed E-state index contributed by atoms with van der Waals surface area (Å²) in [7, 11) is 0. The number of carbonyl (C=O) groups excluding carboxylic acids is 1. The van der Waals surface area contributed by atoms with Gasteiger partial charge in [-0.15, -0.1) is 0 Å². The van der Waals surface area contributed by atoms with Gasteiger partial charge in [-0.2, -0.15) is 0 Å². The van der Waals surface area contributed by atoms with Gasteiger partial charge in [-0.1, -0.05) is 42.5 Å². The van der Waals surface area contributed by atoms with E-state index in [2.05, 4.69) is 0 Å². The van der Waals surface area contributed by atoms with Crippen LogP contribution in [0.2, 0.25) is 0 Å². The molecule has 0 saturated heterocycles. The molecule has 2 heteroatoms. The number of ketones is 1. The normalized spacial score (nSPS) is 13.0. The van der Waals surface area contributed by atoms with E-state index in [0.717, 1.165) is 0 Å². The molecule has 1 N–H and O–H groups in total. The Morgan fingerprint density at radius 2 is 2.07 bits per heavy atom. The quantitative estimate of drug-likeness (QED) is 0.583. The Morgan fingerprint density at radius 3 is 2.64 bits per heavy atom. The molecular weight excluding hydrogens is 176 g/mol. The van der Waals surface area contributed by atoms with Gasteiger partial charge in [0.2, 0.25) is 0 Å². The second kappa shape index (κ2) is 5.35. The van der Waals surface area contributed by atoms with Crippen molar-refractivity contribution in [2.75, 3.05) is 0 Å². The summed E-state index contributed by atoms with van der Waals surface area (Å²) in [6.45, 7) is 1.82. The van der Waals surface area contributed by atoms with Crippen LogP contribution in [0.15, 0.2) is 42.5 Å². The van der Waals surface area contributed by atoms with Gasteiger partial charge in [0, 0.05) is 12.0 Å². The zero-order valence-electron chi connectivity index (χ0n) is 8.18. The molecule has 0 spiro atoms. The van der Waals surface area contributed by atoms with E-state index < -0.39 is 6.10 Å². The van der Waals surface area contributed by atoms with Crippen LogP contribution in [-0.2, 0) is 0 Å². The third kappa shape index (κ3) is 3.15. The van der Waals surface area contributed by atoms with Crippen molar-refractivity contribution in [2.24, 2.45) is 0 Å². The van der Waals surface area contributed by atoms with Gasteiger partial charge in [-0.3, -0.25) is 4.79 Å². The van der Waals surface area contributed by atoms with Crippen molar-refractivity contribution in [2.45, 2.75) is 19.4 Å². The van der Waals surface area contributed by atoms with Gasteiger partial charge in [0.1, 0.15) is 0 Å². The number of allylic oxidation sites excluding steroid dienone is 1. The highest BCUT2D eigenvalue weighted by atomic mass is 16.3. The monoisotopic (exact) mass is 190 g/mol. The number of benzene rings is 1. The van der Waals surface area contributed by atoms with Gasteiger partial charge in [-0.25, -0.2) is 0 Å². The van der Waals surface area contributed by atoms with Crippen molar-refractivity contribution >= 4 is 5.78 Å². The number of rotatable bonds is 4. The maximum atomic E-state index is 11.5. The summed E-state index contributed by atoms with van der Waals surface area (Å²) in [5.74, 6) is -0.0313. The molecule has 1 aromatic carbocycles. The third-order valence-corrected chi connectivity index (χ3v) is 1.90. The standard InChI is InChI=1S/C12H14O2/c1-2-6-11(13)9-12(14)10-7-4-3-5-8-10/h2-8,11,13H,9H2,1H3/b6-2+/t11-/m0/s1. The van der Waals surface area contributed by atoms with E-state index in [4.69, 9.17) is 0 Å². The fourth-order valence-electron chi connectivity index (χ4n) is 1.22. The van der Waals surface area contributed by atoms with Crippen LogP contribution in [0.3, 0.4) is 0 Å². The van der Waals surface area contributed by atoms with Gasteiger partial charge >= 0.3 is 0 Å². The van der Waals surface area contributed by atoms with E-state index in [1.165, 1.54) is 0 Å². The number of aliphatic hydroxyl groups is 1. The van der Waals surface area contributed by atoms with Crippen LogP contribution in [-0.4, -0.2) is 17.0 Å². The molecule has 0 saturated carbocycles. The molecule has 0 aromatic heterocycles. The lowest BCUT2D eigenvalue weighted by Gasteiger charge is -2.03. The first-order chi connectivity index (χ1) is 6.74. The molecule has 74 valence electrons. The van der Waals surface area contributed by atoms with E-state index in [9.17, 15) is 9.90 Å². The second-order valence-electron chi connectivity index (χ2n) is 3.09. The SMILES string of the molecule is C/C=C/[C@H](O)CC(=O)c1ccccc1. The Hall–Kier alpha value is -1.41. The molecule has 2 nitrogen and oxygen atoms in total. The topological polar surface area (TPSA) is 37.3 Å². The smallest absolute Gasteiger partial charge is 0.165 e. The molecule has 0 aliphatic heterocycles. The molecule has 14 heavy (non-hydrogen) atoms. The lowest BCUT2D eigenvalue weighted by atomic mass is 10.1. The number of aliphatic hydroxyl groups excluding tert-OH is 1. The number of hydrogen-bond donors (Lipinski definition) is 1. The summed E-state index contributed by atoms with van der Waals surface area (Å²) in [4.78, 5) is 11.5. The number of hydrogen-bond acceptors (Lipinski definition) is 2. The summed E-state index contributed by atoms with van der Waals surface area (Å²) >= 11 is 0. The van der Waals surface area contributed by atoms with Crippen LogP contribution in [0.5, 0.6) is 0 Å². The van der Waals surface area contributed by atoms with Gasteiger partial charge in [0.25, 0.3) is 0 Å². The first kappa shape index (κ1) is 10.7. The van der Waals surface area contributed by atoms with Crippen LogP contribution in [0, 0.1) is 0 Å². The zero-order chi connectivity index (χ0) is 10.4. The number of Topliss-reactive ketones (excluding diaryl/α,β-unsaturated/α-hetero) is 1.